The summed E-state index contributed by atoms with van der Waals surface area (Å²) in [5, 5.41) is 0. The first-order valence-electron chi connectivity index (χ1n) is 6.80. The standard InChI is InChI=1S/C14H19BrN2S/c15-14-16-10-13(18-14)2-1-11-3-6-17-7-4-12(9-11)5-8-17/h1,10,12H,2-9H2/b11-1+. The molecule has 0 amide bonds. The second-order valence-electron chi connectivity index (χ2n) is 5.39. The van der Waals surface area contributed by atoms with Crippen molar-refractivity contribution in [1.29, 1.82) is 0 Å². The second kappa shape index (κ2) is 5.85. The van der Waals surface area contributed by atoms with Gasteiger partial charge in [0.2, 0.25) is 0 Å². The lowest BCUT2D eigenvalue weighted by Gasteiger charge is -2.35. The molecule has 0 unspecified atom stereocenters. The van der Waals surface area contributed by atoms with Crippen molar-refractivity contribution in [2.75, 3.05) is 19.6 Å². The Hall–Kier alpha value is -0.190. The SMILES string of the molecule is Brc1ncc(C/C=C2\CCN3CCC(CC3)C2)s1. The molecular formula is C14H19BrN2S. The highest BCUT2D eigenvalue weighted by Crippen LogP contribution is 2.29. The summed E-state index contributed by atoms with van der Waals surface area (Å²) >= 11 is 5.18. The van der Waals surface area contributed by atoms with E-state index >= 15 is 0 Å². The van der Waals surface area contributed by atoms with E-state index < -0.39 is 0 Å². The molecule has 2 bridgehead atoms. The molecule has 4 heterocycles. The van der Waals surface area contributed by atoms with E-state index in [-0.39, 0.29) is 0 Å². The van der Waals surface area contributed by atoms with Gasteiger partial charge in [0, 0.05) is 24.0 Å². The van der Waals surface area contributed by atoms with Crippen molar-refractivity contribution < 1.29 is 0 Å². The average Bonchev–Trinajstić information content (AvgIpc) is 2.75. The van der Waals surface area contributed by atoms with Gasteiger partial charge in [-0.1, -0.05) is 11.6 Å². The molecule has 0 radical (unpaired) electrons. The molecule has 1 aromatic heterocycles. The highest BCUT2D eigenvalue weighted by Gasteiger charge is 2.23. The van der Waals surface area contributed by atoms with Gasteiger partial charge >= 0.3 is 0 Å². The summed E-state index contributed by atoms with van der Waals surface area (Å²) in [7, 11) is 0. The van der Waals surface area contributed by atoms with Crippen LogP contribution in [-0.2, 0) is 6.42 Å². The molecular weight excluding hydrogens is 308 g/mol. The van der Waals surface area contributed by atoms with E-state index in [0.29, 0.717) is 0 Å². The van der Waals surface area contributed by atoms with Gasteiger partial charge in [-0.15, -0.1) is 11.3 Å². The van der Waals surface area contributed by atoms with Crippen LogP contribution in [0.3, 0.4) is 0 Å². The Labute approximate surface area is 121 Å². The lowest BCUT2D eigenvalue weighted by Crippen LogP contribution is -2.36. The zero-order valence-electron chi connectivity index (χ0n) is 10.6. The third-order valence-corrected chi connectivity index (χ3v) is 5.62. The summed E-state index contributed by atoms with van der Waals surface area (Å²) in [6.45, 7) is 3.93. The Morgan fingerprint density at radius 3 is 2.94 bits per heavy atom. The summed E-state index contributed by atoms with van der Waals surface area (Å²) in [5.74, 6) is 0.945. The van der Waals surface area contributed by atoms with Crippen LogP contribution in [-0.4, -0.2) is 29.5 Å². The van der Waals surface area contributed by atoms with E-state index in [0.717, 1.165) is 16.3 Å². The largest absolute Gasteiger partial charge is 0.303 e. The molecule has 0 aromatic carbocycles. The molecule has 0 N–H and O–H groups in total. The number of nitrogens with zero attached hydrogens (tertiary/aromatic N) is 2. The Morgan fingerprint density at radius 2 is 2.22 bits per heavy atom. The van der Waals surface area contributed by atoms with Crippen LogP contribution in [0.25, 0.3) is 0 Å². The normalized spacial score (nSPS) is 30.4. The van der Waals surface area contributed by atoms with Crippen LogP contribution in [0.15, 0.2) is 21.8 Å². The maximum absolute atomic E-state index is 4.25. The molecule has 4 heteroatoms. The predicted molar refractivity (Wildman–Crippen MR) is 80.0 cm³/mol. The maximum atomic E-state index is 4.25. The van der Waals surface area contributed by atoms with Gasteiger partial charge in [0.25, 0.3) is 0 Å². The molecule has 98 valence electrons. The number of hydrogen-bond acceptors (Lipinski definition) is 3. The molecule has 0 atom stereocenters. The highest BCUT2D eigenvalue weighted by molar-refractivity contribution is 9.11. The number of fused-ring (bicyclic) bond motifs is 5. The van der Waals surface area contributed by atoms with Gasteiger partial charge in [-0.3, -0.25) is 0 Å². The molecule has 2 nitrogen and oxygen atoms in total. The van der Waals surface area contributed by atoms with Crippen molar-refractivity contribution in [2.45, 2.75) is 32.1 Å². The number of rotatable bonds is 2. The number of allylic oxidation sites excluding steroid dienone is 1. The van der Waals surface area contributed by atoms with E-state index in [1.54, 1.807) is 16.9 Å². The van der Waals surface area contributed by atoms with E-state index in [4.69, 9.17) is 0 Å². The molecule has 3 saturated heterocycles. The molecule has 0 spiro atoms. The first-order chi connectivity index (χ1) is 8.79. The molecule has 3 aliphatic rings. The molecule has 1 aromatic rings. The van der Waals surface area contributed by atoms with Gasteiger partial charge in [-0.05, 0) is 60.6 Å². The Balaban J connectivity index is 1.64. The van der Waals surface area contributed by atoms with Crippen LogP contribution < -0.4 is 0 Å². The average molecular weight is 327 g/mol. The molecule has 0 saturated carbocycles. The van der Waals surface area contributed by atoms with Gasteiger partial charge in [0.15, 0.2) is 3.92 Å². The fraction of sp³-hybridized carbons (Fsp3) is 0.643. The first kappa shape index (κ1) is 12.8. The van der Waals surface area contributed by atoms with E-state index in [1.807, 2.05) is 6.20 Å². The monoisotopic (exact) mass is 326 g/mol. The Kier molecular flexibility index (Phi) is 4.16. The number of thiazole rings is 1. The topological polar surface area (TPSA) is 16.1 Å². The summed E-state index contributed by atoms with van der Waals surface area (Å²) in [6.07, 6.45) is 10.9. The number of halogens is 1. The van der Waals surface area contributed by atoms with Crippen molar-refractivity contribution in [3.05, 3.63) is 26.6 Å². The van der Waals surface area contributed by atoms with Crippen LogP contribution in [0.1, 0.15) is 30.6 Å². The fourth-order valence-electron chi connectivity index (χ4n) is 3.00. The van der Waals surface area contributed by atoms with Gasteiger partial charge < -0.3 is 4.90 Å². The molecule has 0 aliphatic carbocycles. The van der Waals surface area contributed by atoms with Crippen LogP contribution in [0.2, 0.25) is 0 Å². The summed E-state index contributed by atoms with van der Waals surface area (Å²) in [5.41, 5.74) is 1.67. The number of piperidine rings is 1. The van der Waals surface area contributed by atoms with Crippen LogP contribution in [0.4, 0.5) is 0 Å². The zero-order chi connectivity index (χ0) is 12.4. The quantitative estimate of drug-likeness (QED) is 0.767. The lowest BCUT2D eigenvalue weighted by atomic mass is 9.86. The summed E-state index contributed by atoms with van der Waals surface area (Å²) < 4.78 is 0.999. The number of aromatic nitrogens is 1. The summed E-state index contributed by atoms with van der Waals surface area (Å²) in [4.78, 5) is 8.24. The molecule has 3 fully saturated rings. The van der Waals surface area contributed by atoms with Crippen molar-refractivity contribution in [3.8, 4) is 0 Å². The van der Waals surface area contributed by atoms with Crippen molar-refractivity contribution >= 4 is 27.3 Å². The van der Waals surface area contributed by atoms with Gasteiger partial charge in [-0.25, -0.2) is 4.98 Å². The summed E-state index contributed by atoms with van der Waals surface area (Å²) in [6, 6.07) is 0. The minimum absolute atomic E-state index is 0.945. The number of hydrogen-bond donors (Lipinski definition) is 0. The van der Waals surface area contributed by atoms with Gasteiger partial charge in [0.05, 0.1) is 0 Å². The van der Waals surface area contributed by atoms with Gasteiger partial charge in [-0.2, -0.15) is 0 Å². The minimum atomic E-state index is 0.945. The smallest absolute Gasteiger partial charge is 0.159 e. The van der Waals surface area contributed by atoms with Crippen LogP contribution >= 0.6 is 27.3 Å². The van der Waals surface area contributed by atoms with Gasteiger partial charge in [0.1, 0.15) is 0 Å². The predicted octanol–water partition coefficient (Wildman–Crippen LogP) is 3.88. The van der Waals surface area contributed by atoms with Crippen molar-refractivity contribution in [2.24, 2.45) is 5.92 Å². The molecule has 4 rings (SSSR count). The third kappa shape index (κ3) is 3.22. The van der Waals surface area contributed by atoms with Crippen LogP contribution in [0, 0.1) is 5.92 Å². The zero-order valence-corrected chi connectivity index (χ0v) is 13.0. The highest BCUT2D eigenvalue weighted by atomic mass is 79.9. The van der Waals surface area contributed by atoms with E-state index in [1.165, 1.54) is 50.2 Å². The maximum Gasteiger partial charge on any atom is 0.159 e. The minimum Gasteiger partial charge on any atom is -0.303 e. The lowest BCUT2D eigenvalue weighted by molar-refractivity contribution is 0.170. The van der Waals surface area contributed by atoms with Crippen LogP contribution in [0.5, 0.6) is 0 Å². The third-order valence-electron chi connectivity index (χ3n) is 4.12. The van der Waals surface area contributed by atoms with Crippen molar-refractivity contribution in [3.63, 3.8) is 0 Å². The first-order valence-corrected chi connectivity index (χ1v) is 8.41. The molecule has 18 heavy (non-hydrogen) atoms. The Morgan fingerprint density at radius 1 is 1.39 bits per heavy atom. The Bertz CT molecular complexity index is 433. The second-order valence-corrected chi connectivity index (χ2v) is 7.78. The fourth-order valence-corrected chi connectivity index (χ4v) is 4.32. The molecule has 3 aliphatic heterocycles. The van der Waals surface area contributed by atoms with E-state index in [9.17, 15) is 0 Å². The van der Waals surface area contributed by atoms with E-state index in [2.05, 4.69) is 31.9 Å². The van der Waals surface area contributed by atoms with Crippen molar-refractivity contribution in [1.82, 2.24) is 9.88 Å².